The Hall–Kier alpha value is -2.53. The Morgan fingerprint density at radius 3 is 2.30 bits per heavy atom. The molecule has 0 atom stereocenters. The molecule has 0 N–H and O–H groups in total. The SMILES string of the molecule is COc1cc(OC)cc(-c2cc3cnc(Cl)cc3c(C)[n+]2[O-])c1. The fourth-order valence-electron chi connectivity index (χ4n) is 2.52. The van der Waals surface area contributed by atoms with Gasteiger partial charge < -0.3 is 14.7 Å². The molecule has 0 bridgehead atoms. The number of aryl methyl sites for hydroxylation is 1. The summed E-state index contributed by atoms with van der Waals surface area (Å²) in [6.07, 6.45) is 1.66. The lowest BCUT2D eigenvalue weighted by molar-refractivity contribution is -0.599. The maximum absolute atomic E-state index is 12.7. The average Bonchev–Trinajstić information content (AvgIpc) is 2.58. The highest BCUT2D eigenvalue weighted by Gasteiger charge is 2.17. The Morgan fingerprint density at radius 2 is 1.70 bits per heavy atom. The van der Waals surface area contributed by atoms with Crippen molar-refractivity contribution in [2.24, 2.45) is 0 Å². The zero-order valence-corrected chi connectivity index (χ0v) is 13.7. The first-order chi connectivity index (χ1) is 11.0. The van der Waals surface area contributed by atoms with Crippen molar-refractivity contribution in [3.05, 3.63) is 52.6 Å². The van der Waals surface area contributed by atoms with Crippen molar-refractivity contribution in [2.75, 3.05) is 14.2 Å². The lowest BCUT2D eigenvalue weighted by Crippen LogP contribution is -2.33. The van der Waals surface area contributed by atoms with Gasteiger partial charge in [-0.1, -0.05) is 11.6 Å². The summed E-state index contributed by atoms with van der Waals surface area (Å²) in [4.78, 5) is 4.09. The molecule has 2 aromatic heterocycles. The maximum atomic E-state index is 12.7. The van der Waals surface area contributed by atoms with Crippen LogP contribution in [0.15, 0.2) is 36.5 Å². The van der Waals surface area contributed by atoms with Gasteiger partial charge in [-0.25, -0.2) is 4.98 Å². The van der Waals surface area contributed by atoms with Gasteiger partial charge in [-0.3, -0.25) is 0 Å². The van der Waals surface area contributed by atoms with Gasteiger partial charge in [0.2, 0.25) is 5.69 Å². The monoisotopic (exact) mass is 330 g/mol. The van der Waals surface area contributed by atoms with Gasteiger partial charge in [0.15, 0.2) is 5.69 Å². The Bertz CT molecular complexity index is 874. The number of nitrogens with zero attached hydrogens (tertiary/aromatic N) is 2. The fraction of sp³-hybridized carbons (Fsp3) is 0.176. The highest BCUT2D eigenvalue weighted by atomic mass is 35.5. The number of pyridine rings is 2. The minimum Gasteiger partial charge on any atom is -0.618 e. The number of halogens is 1. The van der Waals surface area contributed by atoms with Crippen LogP contribution in [0.5, 0.6) is 11.5 Å². The van der Waals surface area contributed by atoms with Crippen LogP contribution < -0.4 is 14.2 Å². The second kappa shape index (κ2) is 5.93. The van der Waals surface area contributed by atoms with E-state index in [0.29, 0.717) is 33.6 Å². The third kappa shape index (κ3) is 2.75. The number of hydrogen-bond donors (Lipinski definition) is 0. The molecule has 6 heteroatoms. The van der Waals surface area contributed by atoms with Crippen LogP contribution in [0.1, 0.15) is 5.69 Å². The largest absolute Gasteiger partial charge is 0.618 e. The molecule has 0 aliphatic rings. The summed E-state index contributed by atoms with van der Waals surface area (Å²) in [6.45, 7) is 1.76. The highest BCUT2D eigenvalue weighted by molar-refractivity contribution is 6.30. The molecule has 0 aliphatic heterocycles. The standard InChI is InChI=1S/C17H15ClN2O3/c1-10-15-8-17(18)19-9-12(15)6-16(20(10)21)11-4-13(22-2)7-14(5-11)23-3/h4-9H,1-3H3. The van der Waals surface area contributed by atoms with Crippen LogP contribution in [-0.4, -0.2) is 19.2 Å². The van der Waals surface area contributed by atoms with Gasteiger partial charge in [0.05, 0.1) is 25.2 Å². The third-order valence-electron chi connectivity index (χ3n) is 3.75. The lowest BCUT2D eigenvalue weighted by Gasteiger charge is -2.12. The summed E-state index contributed by atoms with van der Waals surface area (Å²) in [5, 5.41) is 14.6. The van der Waals surface area contributed by atoms with E-state index in [1.54, 1.807) is 57.7 Å². The molecule has 0 fully saturated rings. The first-order valence-electron chi connectivity index (χ1n) is 6.95. The second-order valence-corrected chi connectivity index (χ2v) is 5.49. The number of fused-ring (bicyclic) bond motifs is 1. The van der Waals surface area contributed by atoms with E-state index in [1.807, 2.05) is 0 Å². The molecule has 0 amide bonds. The Balaban J connectivity index is 2.28. The predicted octanol–water partition coefficient (Wildman–Crippen LogP) is 3.51. The van der Waals surface area contributed by atoms with E-state index < -0.39 is 0 Å². The van der Waals surface area contributed by atoms with E-state index in [1.165, 1.54) is 0 Å². The number of aromatic nitrogens is 2. The molecule has 5 nitrogen and oxygen atoms in total. The summed E-state index contributed by atoms with van der Waals surface area (Å²) in [7, 11) is 3.14. The van der Waals surface area contributed by atoms with Gasteiger partial charge >= 0.3 is 0 Å². The van der Waals surface area contributed by atoms with Crippen molar-refractivity contribution in [1.29, 1.82) is 0 Å². The van der Waals surface area contributed by atoms with Crippen LogP contribution in [-0.2, 0) is 0 Å². The predicted molar refractivity (Wildman–Crippen MR) is 89.0 cm³/mol. The molecule has 3 rings (SSSR count). The van der Waals surface area contributed by atoms with Crippen LogP contribution in [0.4, 0.5) is 0 Å². The zero-order chi connectivity index (χ0) is 16.6. The van der Waals surface area contributed by atoms with Gasteiger partial charge in [0, 0.05) is 30.6 Å². The van der Waals surface area contributed by atoms with Crippen molar-refractivity contribution in [1.82, 2.24) is 4.98 Å². The van der Waals surface area contributed by atoms with Gasteiger partial charge in [-0.15, -0.1) is 0 Å². The van der Waals surface area contributed by atoms with Crippen molar-refractivity contribution in [3.63, 3.8) is 0 Å². The molecule has 118 valence electrons. The average molecular weight is 331 g/mol. The van der Waals surface area contributed by atoms with E-state index in [-0.39, 0.29) is 0 Å². The molecule has 0 unspecified atom stereocenters. The molecule has 0 aliphatic carbocycles. The van der Waals surface area contributed by atoms with E-state index in [0.717, 1.165) is 15.5 Å². The molecule has 1 aromatic carbocycles. The van der Waals surface area contributed by atoms with Crippen LogP contribution in [0.25, 0.3) is 22.0 Å². The first-order valence-corrected chi connectivity index (χ1v) is 7.33. The van der Waals surface area contributed by atoms with Crippen LogP contribution in [0.3, 0.4) is 0 Å². The van der Waals surface area contributed by atoms with Crippen molar-refractivity contribution in [2.45, 2.75) is 6.92 Å². The summed E-state index contributed by atoms with van der Waals surface area (Å²) in [6, 6.07) is 8.82. The Labute approximate surface area is 138 Å². The lowest BCUT2D eigenvalue weighted by atomic mass is 10.1. The molecular formula is C17H15ClN2O3. The minimum atomic E-state index is 0.358. The van der Waals surface area contributed by atoms with Crippen LogP contribution >= 0.6 is 11.6 Å². The third-order valence-corrected chi connectivity index (χ3v) is 3.96. The number of benzene rings is 1. The Morgan fingerprint density at radius 1 is 1.04 bits per heavy atom. The summed E-state index contributed by atoms with van der Waals surface area (Å²) < 4.78 is 11.4. The smallest absolute Gasteiger partial charge is 0.224 e. The number of ether oxygens (including phenoxy) is 2. The summed E-state index contributed by atoms with van der Waals surface area (Å²) in [5.41, 5.74) is 1.76. The number of rotatable bonds is 3. The minimum absolute atomic E-state index is 0.358. The number of hydrogen-bond acceptors (Lipinski definition) is 4. The van der Waals surface area contributed by atoms with E-state index in [9.17, 15) is 5.21 Å². The van der Waals surface area contributed by atoms with Crippen molar-refractivity contribution in [3.8, 4) is 22.8 Å². The number of methoxy groups -OCH3 is 2. The topological polar surface area (TPSA) is 58.3 Å². The summed E-state index contributed by atoms with van der Waals surface area (Å²) >= 11 is 5.92. The maximum Gasteiger partial charge on any atom is 0.224 e. The highest BCUT2D eigenvalue weighted by Crippen LogP contribution is 2.30. The summed E-state index contributed by atoms with van der Waals surface area (Å²) in [5.74, 6) is 1.23. The van der Waals surface area contributed by atoms with Crippen LogP contribution in [0.2, 0.25) is 5.15 Å². The van der Waals surface area contributed by atoms with E-state index in [2.05, 4.69) is 4.98 Å². The van der Waals surface area contributed by atoms with Gasteiger partial charge in [-0.2, -0.15) is 4.73 Å². The fourth-order valence-corrected chi connectivity index (χ4v) is 2.68. The second-order valence-electron chi connectivity index (χ2n) is 5.10. The van der Waals surface area contributed by atoms with Gasteiger partial charge in [0.25, 0.3) is 0 Å². The molecule has 0 saturated carbocycles. The van der Waals surface area contributed by atoms with Crippen molar-refractivity contribution >= 4 is 22.4 Å². The van der Waals surface area contributed by atoms with Crippen LogP contribution in [0, 0.1) is 12.1 Å². The molecular weight excluding hydrogens is 316 g/mol. The van der Waals surface area contributed by atoms with Gasteiger partial charge in [-0.05, 0) is 18.2 Å². The Kier molecular flexibility index (Phi) is 3.96. The normalized spacial score (nSPS) is 10.8. The molecule has 0 spiro atoms. The molecule has 0 radical (unpaired) electrons. The van der Waals surface area contributed by atoms with E-state index >= 15 is 0 Å². The molecule has 3 aromatic rings. The molecule has 2 heterocycles. The molecule has 0 saturated heterocycles. The van der Waals surface area contributed by atoms with E-state index in [4.69, 9.17) is 21.1 Å². The van der Waals surface area contributed by atoms with Crippen molar-refractivity contribution < 1.29 is 14.2 Å². The quantitative estimate of drug-likeness (QED) is 0.419. The first kappa shape index (κ1) is 15.4. The molecule has 23 heavy (non-hydrogen) atoms. The van der Waals surface area contributed by atoms with Gasteiger partial charge in [0.1, 0.15) is 16.7 Å². The zero-order valence-electron chi connectivity index (χ0n) is 13.0.